The van der Waals surface area contributed by atoms with Gasteiger partial charge in [0.25, 0.3) is 5.89 Å². The molecule has 0 saturated carbocycles. The summed E-state index contributed by atoms with van der Waals surface area (Å²) >= 11 is 1.47. The van der Waals surface area contributed by atoms with E-state index in [0.29, 0.717) is 5.89 Å². The molecule has 5 heteroatoms. The first-order chi connectivity index (χ1) is 5.36. The van der Waals surface area contributed by atoms with Crippen LogP contribution in [-0.4, -0.2) is 10.1 Å². The van der Waals surface area contributed by atoms with E-state index in [0.717, 1.165) is 4.88 Å². The van der Waals surface area contributed by atoms with Crippen molar-refractivity contribution in [3.63, 3.8) is 0 Å². The quantitative estimate of drug-likeness (QED) is 0.693. The number of H-pyrrole nitrogens is 1. The normalized spacial score (nSPS) is 10.2. The van der Waals surface area contributed by atoms with Gasteiger partial charge in [0.1, 0.15) is 0 Å². The third-order valence-corrected chi connectivity index (χ3v) is 2.03. The molecule has 0 aliphatic carbocycles. The summed E-state index contributed by atoms with van der Waals surface area (Å²) in [6, 6.07) is 3.71. The Labute approximate surface area is 65.5 Å². The van der Waals surface area contributed by atoms with Crippen LogP contribution < -0.4 is 5.69 Å². The number of hydrogen-bond donors (Lipinski definition) is 1. The lowest BCUT2D eigenvalue weighted by atomic mass is 10.5. The van der Waals surface area contributed by atoms with Crippen LogP contribution in [0.4, 0.5) is 0 Å². The molecule has 0 atom stereocenters. The van der Waals surface area contributed by atoms with Gasteiger partial charge >= 0.3 is 5.69 Å². The number of aromatic nitrogens is 2. The molecule has 0 saturated heterocycles. The van der Waals surface area contributed by atoms with Crippen LogP contribution >= 0.6 is 11.3 Å². The molecule has 0 aliphatic heterocycles. The number of rotatable bonds is 1. The summed E-state index contributed by atoms with van der Waals surface area (Å²) in [4.78, 5) is 15.0. The smallest absolute Gasteiger partial charge is 0.356 e. The highest BCUT2D eigenvalue weighted by molar-refractivity contribution is 7.13. The van der Waals surface area contributed by atoms with Crippen molar-refractivity contribution in [1.82, 2.24) is 10.1 Å². The second kappa shape index (κ2) is 2.35. The van der Waals surface area contributed by atoms with Gasteiger partial charge in [0, 0.05) is 0 Å². The molecule has 0 fully saturated rings. The topological polar surface area (TPSA) is 58.9 Å². The molecule has 2 heterocycles. The second-order valence-corrected chi connectivity index (χ2v) is 2.85. The van der Waals surface area contributed by atoms with Crippen molar-refractivity contribution in [3.8, 4) is 10.8 Å². The van der Waals surface area contributed by atoms with Crippen LogP contribution in [0, 0.1) is 0 Å². The molecule has 0 spiro atoms. The fourth-order valence-electron chi connectivity index (χ4n) is 0.736. The molecule has 11 heavy (non-hydrogen) atoms. The first-order valence-electron chi connectivity index (χ1n) is 2.95. The lowest BCUT2D eigenvalue weighted by Crippen LogP contribution is -1.99. The Morgan fingerprint density at radius 1 is 1.64 bits per heavy atom. The van der Waals surface area contributed by atoms with Gasteiger partial charge in [-0.05, 0) is 11.4 Å². The van der Waals surface area contributed by atoms with E-state index in [-0.39, 0.29) is 0 Å². The van der Waals surface area contributed by atoms with Crippen LogP contribution in [0.25, 0.3) is 10.8 Å². The molecule has 0 radical (unpaired) electrons. The summed E-state index contributed by atoms with van der Waals surface area (Å²) < 4.78 is 4.77. The lowest BCUT2D eigenvalue weighted by molar-refractivity contribution is 0.425. The number of aromatic amines is 1. The van der Waals surface area contributed by atoms with Gasteiger partial charge in [-0.2, -0.15) is 10.1 Å². The predicted octanol–water partition coefficient (Wildman–Crippen LogP) is 1.09. The Morgan fingerprint density at radius 3 is 3.09 bits per heavy atom. The molecule has 2 aromatic heterocycles. The van der Waals surface area contributed by atoms with E-state index < -0.39 is 5.69 Å². The average molecular weight is 168 g/mol. The van der Waals surface area contributed by atoms with E-state index in [1.54, 1.807) is 0 Å². The van der Waals surface area contributed by atoms with Gasteiger partial charge in [-0.15, -0.1) is 11.3 Å². The van der Waals surface area contributed by atoms with E-state index in [1.165, 1.54) is 11.3 Å². The Hall–Kier alpha value is -1.36. The van der Waals surface area contributed by atoms with E-state index in [9.17, 15) is 4.79 Å². The lowest BCUT2D eigenvalue weighted by Gasteiger charge is -1.80. The minimum atomic E-state index is -0.451. The third-order valence-electron chi connectivity index (χ3n) is 1.17. The van der Waals surface area contributed by atoms with E-state index in [1.807, 2.05) is 17.5 Å². The minimum Gasteiger partial charge on any atom is -0.356 e. The Balaban J connectivity index is 2.53. The fourth-order valence-corrected chi connectivity index (χ4v) is 1.38. The van der Waals surface area contributed by atoms with Crippen molar-refractivity contribution in [2.45, 2.75) is 0 Å². The summed E-state index contributed by atoms with van der Waals surface area (Å²) in [5, 5.41) is 4.01. The van der Waals surface area contributed by atoms with Crippen LogP contribution in [0.5, 0.6) is 0 Å². The standard InChI is InChI=1S/C6H4N2O2S/c9-6-7-5(10-8-6)4-2-1-3-11-4/h1-3H,(H,8,9). The summed E-state index contributed by atoms with van der Waals surface area (Å²) in [7, 11) is 0. The summed E-state index contributed by atoms with van der Waals surface area (Å²) in [5.74, 6) is 0.352. The van der Waals surface area contributed by atoms with Gasteiger partial charge in [-0.25, -0.2) is 4.79 Å². The molecule has 2 aromatic rings. The van der Waals surface area contributed by atoms with E-state index in [4.69, 9.17) is 4.52 Å². The molecular weight excluding hydrogens is 164 g/mol. The fraction of sp³-hybridized carbons (Fsp3) is 0. The highest BCUT2D eigenvalue weighted by atomic mass is 32.1. The first-order valence-corrected chi connectivity index (χ1v) is 3.83. The Bertz CT molecular complexity index is 387. The molecule has 56 valence electrons. The van der Waals surface area contributed by atoms with E-state index in [2.05, 4.69) is 10.1 Å². The molecule has 1 N–H and O–H groups in total. The van der Waals surface area contributed by atoms with Crippen LogP contribution in [-0.2, 0) is 0 Å². The van der Waals surface area contributed by atoms with Crippen molar-refractivity contribution in [2.24, 2.45) is 0 Å². The highest BCUT2D eigenvalue weighted by Crippen LogP contribution is 2.20. The molecule has 0 unspecified atom stereocenters. The summed E-state index contributed by atoms with van der Waals surface area (Å²) in [5.41, 5.74) is -0.451. The molecular formula is C6H4N2O2S. The molecule has 0 bridgehead atoms. The van der Waals surface area contributed by atoms with Crippen molar-refractivity contribution in [2.75, 3.05) is 0 Å². The predicted molar refractivity (Wildman–Crippen MR) is 40.4 cm³/mol. The second-order valence-electron chi connectivity index (χ2n) is 1.90. The maximum Gasteiger partial charge on any atom is 0.377 e. The maximum absolute atomic E-state index is 10.5. The summed E-state index contributed by atoms with van der Waals surface area (Å²) in [6.45, 7) is 0. The molecule has 4 nitrogen and oxygen atoms in total. The molecule has 0 aliphatic rings. The zero-order valence-corrected chi connectivity index (χ0v) is 6.22. The zero-order chi connectivity index (χ0) is 7.68. The highest BCUT2D eigenvalue weighted by Gasteiger charge is 2.04. The van der Waals surface area contributed by atoms with Gasteiger partial charge in [-0.3, -0.25) is 0 Å². The third kappa shape index (κ3) is 1.10. The number of hydrogen-bond acceptors (Lipinski definition) is 4. The molecule has 0 aromatic carbocycles. The van der Waals surface area contributed by atoms with Crippen molar-refractivity contribution < 1.29 is 4.52 Å². The monoisotopic (exact) mass is 168 g/mol. The van der Waals surface area contributed by atoms with Gasteiger partial charge in [0.15, 0.2) is 0 Å². The number of thiophene rings is 1. The Morgan fingerprint density at radius 2 is 2.55 bits per heavy atom. The Kier molecular flexibility index (Phi) is 1.36. The summed E-state index contributed by atoms with van der Waals surface area (Å²) in [6.07, 6.45) is 0. The van der Waals surface area contributed by atoms with Gasteiger partial charge in [0.2, 0.25) is 0 Å². The zero-order valence-electron chi connectivity index (χ0n) is 5.40. The van der Waals surface area contributed by atoms with E-state index >= 15 is 0 Å². The van der Waals surface area contributed by atoms with Crippen LogP contribution in [0.2, 0.25) is 0 Å². The first kappa shape index (κ1) is 6.36. The largest absolute Gasteiger partial charge is 0.377 e. The van der Waals surface area contributed by atoms with Crippen molar-refractivity contribution in [3.05, 3.63) is 28.0 Å². The van der Waals surface area contributed by atoms with Crippen molar-refractivity contribution >= 4 is 11.3 Å². The average Bonchev–Trinajstić information content (AvgIpc) is 2.55. The number of nitrogens with one attached hydrogen (secondary N) is 1. The van der Waals surface area contributed by atoms with Crippen LogP contribution in [0.15, 0.2) is 26.8 Å². The van der Waals surface area contributed by atoms with Gasteiger partial charge in [0.05, 0.1) is 4.88 Å². The molecule has 2 rings (SSSR count). The maximum atomic E-state index is 10.5. The van der Waals surface area contributed by atoms with Crippen LogP contribution in [0.3, 0.4) is 0 Å². The van der Waals surface area contributed by atoms with Gasteiger partial charge < -0.3 is 4.52 Å². The van der Waals surface area contributed by atoms with Crippen molar-refractivity contribution in [1.29, 1.82) is 0 Å². The SMILES string of the molecule is O=c1nc(-c2cccs2)o[nH]1. The minimum absolute atomic E-state index is 0.352. The molecule has 0 amide bonds. The van der Waals surface area contributed by atoms with Gasteiger partial charge in [-0.1, -0.05) is 6.07 Å². The van der Waals surface area contributed by atoms with Crippen LogP contribution in [0.1, 0.15) is 0 Å². The number of nitrogens with zero attached hydrogens (tertiary/aromatic N) is 1.